The quantitative estimate of drug-likeness (QED) is 0.207. The fourth-order valence-electron chi connectivity index (χ4n) is 4.36. The SMILES string of the molecule is c1ccc(-c2cncc(-c3cnc(-c4cccc(-c5ncc(-c6cncc(-c7ccccn7)c6)s5)c4)s3)c2)nc1. The van der Waals surface area contributed by atoms with Gasteiger partial charge in [0.05, 0.1) is 21.1 Å². The van der Waals surface area contributed by atoms with Crippen LogP contribution in [0.4, 0.5) is 0 Å². The first-order chi connectivity index (χ1) is 19.8. The third kappa shape index (κ3) is 4.93. The molecule has 0 saturated carbocycles. The summed E-state index contributed by atoms with van der Waals surface area (Å²) in [5.41, 5.74) is 7.91. The molecule has 0 spiro atoms. The van der Waals surface area contributed by atoms with Crippen LogP contribution in [0, 0.1) is 0 Å². The molecule has 0 radical (unpaired) electrons. The largest absolute Gasteiger partial charge is 0.263 e. The van der Waals surface area contributed by atoms with Gasteiger partial charge < -0.3 is 0 Å². The fraction of sp³-hybridized carbons (Fsp3) is 0. The third-order valence-corrected chi connectivity index (χ3v) is 8.53. The molecule has 6 heterocycles. The molecule has 0 atom stereocenters. The Kier molecular flexibility index (Phi) is 6.45. The standard InChI is InChI=1S/C32H20N6S2/c1-3-10-35-27(8-1)23-13-25(17-33-15-23)29-19-37-31(39-29)21-6-5-7-22(12-21)32-38-20-30(40-32)26-14-24(16-34-18-26)28-9-2-4-11-36-28/h1-20H. The highest BCUT2D eigenvalue weighted by Crippen LogP contribution is 2.37. The van der Waals surface area contributed by atoms with Crippen LogP contribution in [0.1, 0.15) is 0 Å². The summed E-state index contributed by atoms with van der Waals surface area (Å²) < 4.78 is 0. The van der Waals surface area contributed by atoms with Crippen molar-refractivity contribution in [2.75, 3.05) is 0 Å². The maximum atomic E-state index is 4.74. The van der Waals surface area contributed by atoms with Crippen LogP contribution in [0.5, 0.6) is 0 Å². The third-order valence-electron chi connectivity index (χ3n) is 6.33. The van der Waals surface area contributed by atoms with Crippen molar-refractivity contribution in [1.29, 1.82) is 0 Å². The predicted octanol–water partition coefficient (Wildman–Crippen LogP) is 8.18. The normalized spacial score (nSPS) is 11.0. The van der Waals surface area contributed by atoms with E-state index in [0.29, 0.717) is 0 Å². The van der Waals surface area contributed by atoms with Crippen molar-refractivity contribution in [3.63, 3.8) is 0 Å². The smallest absolute Gasteiger partial charge is 0.123 e. The number of thiazole rings is 2. The summed E-state index contributed by atoms with van der Waals surface area (Å²) in [7, 11) is 0. The zero-order valence-corrected chi connectivity index (χ0v) is 22.7. The van der Waals surface area contributed by atoms with Crippen molar-refractivity contribution in [2.24, 2.45) is 0 Å². The van der Waals surface area contributed by atoms with Gasteiger partial charge in [-0.2, -0.15) is 0 Å². The van der Waals surface area contributed by atoms with Crippen LogP contribution in [0.25, 0.3) is 64.5 Å². The van der Waals surface area contributed by atoms with Gasteiger partial charge in [-0.1, -0.05) is 30.3 Å². The van der Waals surface area contributed by atoms with E-state index >= 15 is 0 Å². The molecule has 0 N–H and O–H groups in total. The summed E-state index contributed by atoms with van der Waals surface area (Å²) in [5.74, 6) is 0. The first kappa shape index (κ1) is 24.1. The van der Waals surface area contributed by atoms with Gasteiger partial charge in [0.15, 0.2) is 0 Å². The second kappa shape index (κ2) is 10.7. The Hall–Kier alpha value is -4.92. The highest BCUT2D eigenvalue weighted by molar-refractivity contribution is 7.18. The molecule has 0 fully saturated rings. The van der Waals surface area contributed by atoms with Crippen LogP contribution in [0.15, 0.2) is 122 Å². The summed E-state index contributed by atoms with van der Waals surface area (Å²) >= 11 is 3.29. The Morgan fingerprint density at radius 2 is 0.875 bits per heavy atom. The number of benzene rings is 1. The highest BCUT2D eigenvalue weighted by atomic mass is 32.1. The first-order valence-corrected chi connectivity index (χ1v) is 14.2. The van der Waals surface area contributed by atoms with E-state index in [-0.39, 0.29) is 0 Å². The van der Waals surface area contributed by atoms with Crippen LogP contribution in [0.2, 0.25) is 0 Å². The van der Waals surface area contributed by atoms with Gasteiger partial charge >= 0.3 is 0 Å². The first-order valence-electron chi connectivity index (χ1n) is 12.6. The summed E-state index contributed by atoms with van der Waals surface area (Å²) in [6, 6.07) is 24.4. The highest BCUT2D eigenvalue weighted by Gasteiger charge is 2.13. The molecule has 40 heavy (non-hydrogen) atoms. The average molecular weight is 553 g/mol. The van der Waals surface area contributed by atoms with E-state index in [1.54, 1.807) is 35.1 Å². The molecule has 0 amide bonds. The van der Waals surface area contributed by atoms with E-state index in [1.165, 1.54) is 0 Å². The summed E-state index contributed by atoms with van der Waals surface area (Å²) in [5, 5.41) is 1.90. The minimum atomic E-state index is 0.899. The minimum Gasteiger partial charge on any atom is -0.263 e. The molecule has 0 aliphatic rings. The van der Waals surface area contributed by atoms with Gasteiger partial charge in [0.1, 0.15) is 10.0 Å². The van der Waals surface area contributed by atoms with Crippen molar-refractivity contribution in [3.8, 4) is 64.5 Å². The predicted molar refractivity (Wildman–Crippen MR) is 162 cm³/mol. The lowest BCUT2D eigenvalue weighted by Gasteiger charge is -2.03. The van der Waals surface area contributed by atoms with E-state index in [9.17, 15) is 0 Å². The van der Waals surface area contributed by atoms with E-state index in [1.807, 2.05) is 73.6 Å². The monoisotopic (exact) mass is 552 g/mol. The molecule has 190 valence electrons. The van der Waals surface area contributed by atoms with Crippen LogP contribution in [-0.2, 0) is 0 Å². The van der Waals surface area contributed by atoms with Crippen molar-refractivity contribution in [1.82, 2.24) is 29.9 Å². The van der Waals surface area contributed by atoms with Crippen molar-refractivity contribution in [2.45, 2.75) is 0 Å². The average Bonchev–Trinajstić information content (AvgIpc) is 3.74. The number of aromatic nitrogens is 6. The summed E-state index contributed by atoms with van der Waals surface area (Å²) in [4.78, 5) is 29.4. The lowest BCUT2D eigenvalue weighted by atomic mass is 10.1. The Labute approximate surface area is 238 Å². The van der Waals surface area contributed by atoms with Gasteiger partial charge in [-0.15, -0.1) is 22.7 Å². The molecule has 8 heteroatoms. The second-order valence-electron chi connectivity index (χ2n) is 8.99. The van der Waals surface area contributed by atoms with Gasteiger partial charge in [0.25, 0.3) is 0 Å². The molecule has 6 nitrogen and oxygen atoms in total. The van der Waals surface area contributed by atoms with Crippen LogP contribution in [0.3, 0.4) is 0 Å². The van der Waals surface area contributed by atoms with Crippen LogP contribution < -0.4 is 0 Å². The Balaban J connectivity index is 1.15. The van der Waals surface area contributed by atoms with E-state index in [4.69, 9.17) is 9.97 Å². The lowest BCUT2D eigenvalue weighted by Crippen LogP contribution is -1.84. The van der Waals surface area contributed by atoms with Gasteiger partial charge in [-0.3, -0.25) is 19.9 Å². The lowest BCUT2D eigenvalue weighted by molar-refractivity contribution is 1.28. The number of rotatable bonds is 6. The van der Waals surface area contributed by atoms with E-state index < -0.39 is 0 Å². The number of hydrogen-bond acceptors (Lipinski definition) is 8. The molecule has 7 rings (SSSR count). The fourth-order valence-corrected chi connectivity index (χ4v) is 6.15. The van der Waals surface area contributed by atoms with Crippen molar-refractivity contribution >= 4 is 22.7 Å². The molecule has 0 bridgehead atoms. The molecule has 0 unspecified atom stereocenters. The molecular formula is C32H20N6S2. The number of nitrogens with zero attached hydrogens (tertiary/aromatic N) is 6. The molecule has 1 aromatic carbocycles. The second-order valence-corrected chi connectivity index (χ2v) is 11.1. The number of hydrogen-bond donors (Lipinski definition) is 0. The molecular weight excluding hydrogens is 533 g/mol. The summed E-state index contributed by atoms with van der Waals surface area (Å²) in [6.45, 7) is 0. The van der Waals surface area contributed by atoms with Crippen LogP contribution in [-0.4, -0.2) is 29.9 Å². The topological polar surface area (TPSA) is 77.3 Å². The zero-order valence-electron chi connectivity index (χ0n) is 21.0. The van der Waals surface area contributed by atoms with E-state index in [0.717, 1.165) is 64.5 Å². The molecule has 0 aliphatic carbocycles. The van der Waals surface area contributed by atoms with Crippen LogP contribution >= 0.6 is 22.7 Å². The van der Waals surface area contributed by atoms with Crippen molar-refractivity contribution in [3.05, 3.63) is 122 Å². The van der Waals surface area contributed by atoms with Gasteiger partial charge in [-0.05, 0) is 42.5 Å². The molecule has 7 aromatic rings. The van der Waals surface area contributed by atoms with Crippen molar-refractivity contribution < 1.29 is 0 Å². The molecule has 0 saturated heterocycles. The maximum Gasteiger partial charge on any atom is 0.123 e. The maximum absolute atomic E-state index is 4.74. The van der Waals surface area contributed by atoms with Gasteiger partial charge in [-0.25, -0.2) is 9.97 Å². The number of pyridine rings is 4. The molecule has 6 aromatic heterocycles. The Morgan fingerprint density at radius 1 is 0.400 bits per heavy atom. The Bertz CT molecular complexity index is 1780. The Morgan fingerprint density at radius 3 is 1.35 bits per heavy atom. The zero-order chi connectivity index (χ0) is 26.7. The molecule has 0 aliphatic heterocycles. The summed E-state index contributed by atoms with van der Waals surface area (Å²) in [6.07, 6.45) is 14.8. The van der Waals surface area contributed by atoms with E-state index in [2.05, 4.69) is 56.3 Å². The minimum absolute atomic E-state index is 0.899. The van der Waals surface area contributed by atoms with Gasteiger partial charge in [0, 0.05) is 83.0 Å². The van der Waals surface area contributed by atoms with Gasteiger partial charge in [0.2, 0.25) is 0 Å².